The molecule has 0 spiro atoms. The van der Waals surface area contributed by atoms with E-state index >= 15 is 0 Å². The maximum atomic E-state index is 13.8. The van der Waals surface area contributed by atoms with Gasteiger partial charge in [0.15, 0.2) is 5.79 Å². The van der Waals surface area contributed by atoms with E-state index in [0.717, 1.165) is 6.07 Å². The molecule has 2 rings (SSSR count). The van der Waals surface area contributed by atoms with E-state index in [4.69, 9.17) is 15.2 Å². The third-order valence-electron chi connectivity index (χ3n) is 3.85. The van der Waals surface area contributed by atoms with E-state index in [9.17, 15) is 8.78 Å². The van der Waals surface area contributed by atoms with Crippen molar-refractivity contribution in [1.82, 2.24) is 0 Å². The van der Waals surface area contributed by atoms with Crippen LogP contribution in [-0.4, -0.2) is 26.6 Å². The average Bonchev–Trinajstić information content (AvgIpc) is 2.31. The first kappa shape index (κ1) is 13.4. The van der Waals surface area contributed by atoms with E-state index < -0.39 is 22.8 Å². The Bertz CT molecular complexity index is 439. The molecule has 18 heavy (non-hydrogen) atoms. The van der Waals surface area contributed by atoms with Gasteiger partial charge in [0, 0.05) is 45.1 Å². The number of halogens is 2. The first-order valence-electron chi connectivity index (χ1n) is 5.77. The number of nitrogens with two attached hydrogens (primary N) is 1. The highest BCUT2D eigenvalue weighted by molar-refractivity contribution is 5.33. The highest BCUT2D eigenvalue weighted by atomic mass is 19.1. The number of benzene rings is 1. The molecule has 1 aliphatic carbocycles. The van der Waals surface area contributed by atoms with Gasteiger partial charge < -0.3 is 15.2 Å². The minimum atomic E-state index is -0.708. The van der Waals surface area contributed by atoms with Gasteiger partial charge in [-0.3, -0.25) is 0 Å². The summed E-state index contributed by atoms with van der Waals surface area (Å²) in [6.07, 6.45) is 0.929. The molecule has 1 aromatic rings. The number of methoxy groups -OCH3 is 2. The van der Waals surface area contributed by atoms with Gasteiger partial charge in [-0.2, -0.15) is 0 Å². The summed E-state index contributed by atoms with van der Waals surface area (Å²) < 4.78 is 37.3. The Balaban J connectivity index is 2.31. The molecule has 1 aromatic carbocycles. The molecule has 0 heterocycles. The quantitative estimate of drug-likeness (QED) is 0.838. The minimum absolute atomic E-state index is 0.268. The fourth-order valence-corrected chi connectivity index (χ4v) is 2.72. The minimum Gasteiger partial charge on any atom is -0.353 e. The van der Waals surface area contributed by atoms with E-state index in [2.05, 4.69) is 0 Å². The molecular formula is C13H17F2NO2. The van der Waals surface area contributed by atoms with Gasteiger partial charge in [-0.15, -0.1) is 0 Å². The number of hydrogen-bond donors (Lipinski definition) is 1. The summed E-state index contributed by atoms with van der Waals surface area (Å²) >= 11 is 0. The molecule has 2 N–H and O–H groups in total. The van der Waals surface area contributed by atoms with Gasteiger partial charge in [0.25, 0.3) is 0 Å². The molecule has 1 fully saturated rings. The van der Waals surface area contributed by atoms with Crippen molar-refractivity contribution in [3.8, 4) is 0 Å². The second-order valence-electron chi connectivity index (χ2n) is 4.78. The molecule has 100 valence electrons. The zero-order chi connectivity index (χ0) is 13.4. The Hall–Kier alpha value is -1.04. The predicted octanol–water partition coefficient (Wildman–Crippen LogP) is 1.94. The Labute approximate surface area is 105 Å². The Morgan fingerprint density at radius 3 is 2.28 bits per heavy atom. The fourth-order valence-electron chi connectivity index (χ4n) is 2.72. The standard InChI is InChI=1S/C13H17F2NO2/c1-17-13(18-2)6-12(7-13,8-16)10-4-3-9(14)5-11(10)15/h3-5H,6-8,16H2,1-2H3. The van der Waals surface area contributed by atoms with Gasteiger partial charge in [0.1, 0.15) is 11.6 Å². The lowest BCUT2D eigenvalue weighted by Crippen LogP contribution is -2.60. The van der Waals surface area contributed by atoms with Crippen molar-refractivity contribution in [3.63, 3.8) is 0 Å². The summed E-state index contributed by atoms with van der Waals surface area (Å²) in [6, 6.07) is 3.58. The summed E-state index contributed by atoms with van der Waals surface area (Å²) in [5.74, 6) is -1.87. The molecule has 5 heteroatoms. The van der Waals surface area contributed by atoms with Crippen LogP contribution in [0.1, 0.15) is 18.4 Å². The topological polar surface area (TPSA) is 44.5 Å². The van der Waals surface area contributed by atoms with Crippen LogP contribution in [0.15, 0.2) is 18.2 Å². The monoisotopic (exact) mass is 257 g/mol. The summed E-state index contributed by atoms with van der Waals surface area (Å²) in [5.41, 5.74) is 5.66. The van der Waals surface area contributed by atoms with Gasteiger partial charge in [0.05, 0.1) is 0 Å². The van der Waals surface area contributed by atoms with E-state index in [-0.39, 0.29) is 6.54 Å². The highest BCUT2D eigenvalue weighted by Crippen LogP contribution is 2.52. The summed E-state index contributed by atoms with van der Waals surface area (Å²) in [4.78, 5) is 0. The molecule has 1 saturated carbocycles. The van der Waals surface area contributed by atoms with Crippen molar-refractivity contribution < 1.29 is 18.3 Å². The van der Waals surface area contributed by atoms with Crippen molar-refractivity contribution in [3.05, 3.63) is 35.4 Å². The number of rotatable bonds is 4. The molecule has 0 amide bonds. The second-order valence-corrected chi connectivity index (χ2v) is 4.78. The van der Waals surface area contributed by atoms with Crippen LogP contribution in [-0.2, 0) is 14.9 Å². The van der Waals surface area contributed by atoms with Crippen LogP contribution in [0, 0.1) is 11.6 Å². The molecule has 0 saturated heterocycles. The molecule has 3 nitrogen and oxygen atoms in total. The van der Waals surface area contributed by atoms with Crippen LogP contribution < -0.4 is 5.73 Å². The lowest BCUT2D eigenvalue weighted by molar-refractivity contribution is -0.277. The first-order chi connectivity index (χ1) is 8.51. The van der Waals surface area contributed by atoms with Gasteiger partial charge in [0.2, 0.25) is 0 Å². The predicted molar refractivity (Wildman–Crippen MR) is 63.1 cm³/mol. The van der Waals surface area contributed by atoms with E-state index in [1.807, 2.05) is 0 Å². The number of ether oxygens (including phenoxy) is 2. The third-order valence-corrected chi connectivity index (χ3v) is 3.85. The average molecular weight is 257 g/mol. The zero-order valence-electron chi connectivity index (χ0n) is 10.5. The van der Waals surface area contributed by atoms with E-state index in [1.54, 1.807) is 14.2 Å². The molecule has 0 bridgehead atoms. The molecule has 0 aromatic heterocycles. The largest absolute Gasteiger partial charge is 0.353 e. The zero-order valence-corrected chi connectivity index (χ0v) is 10.5. The normalized spacial score (nSPS) is 20.5. The third kappa shape index (κ3) is 1.92. The summed E-state index contributed by atoms with van der Waals surface area (Å²) in [5, 5.41) is 0. The van der Waals surface area contributed by atoms with Crippen LogP contribution in [0.2, 0.25) is 0 Å². The van der Waals surface area contributed by atoms with Crippen molar-refractivity contribution in [2.75, 3.05) is 20.8 Å². The summed E-state index contributed by atoms with van der Waals surface area (Å²) in [7, 11) is 3.09. The van der Waals surface area contributed by atoms with Crippen molar-refractivity contribution in [2.45, 2.75) is 24.0 Å². The SMILES string of the molecule is COC1(OC)CC(CN)(c2ccc(F)cc2F)C1. The highest BCUT2D eigenvalue weighted by Gasteiger charge is 2.56. The molecule has 0 aliphatic heterocycles. The molecule has 0 radical (unpaired) electrons. The van der Waals surface area contributed by atoms with Gasteiger partial charge >= 0.3 is 0 Å². The first-order valence-corrected chi connectivity index (χ1v) is 5.77. The van der Waals surface area contributed by atoms with Crippen LogP contribution in [0.25, 0.3) is 0 Å². The van der Waals surface area contributed by atoms with E-state index in [1.165, 1.54) is 12.1 Å². The lowest BCUT2D eigenvalue weighted by Gasteiger charge is -2.54. The smallest absolute Gasteiger partial charge is 0.169 e. The van der Waals surface area contributed by atoms with Crippen LogP contribution in [0.3, 0.4) is 0 Å². The summed E-state index contributed by atoms with van der Waals surface area (Å²) in [6.45, 7) is 0.268. The van der Waals surface area contributed by atoms with E-state index in [0.29, 0.717) is 18.4 Å². The second kappa shape index (κ2) is 4.57. The Kier molecular flexibility index (Phi) is 3.40. The fraction of sp³-hybridized carbons (Fsp3) is 0.538. The molecular weight excluding hydrogens is 240 g/mol. The van der Waals surface area contributed by atoms with Crippen LogP contribution >= 0.6 is 0 Å². The maximum Gasteiger partial charge on any atom is 0.169 e. The molecule has 0 atom stereocenters. The lowest BCUT2D eigenvalue weighted by atomic mass is 9.60. The van der Waals surface area contributed by atoms with Crippen LogP contribution in [0.4, 0.5) is 8.78 Å². The number of hydrogen-bond acceptors (Lipinski definition) is 3. The Morgan fingerprint density at radius 2 is 1.83 bits per heavy atom. The maximum absolute atomic E-state index is 13.8. The Morgan fingerprint density at radius 1 is 1.22 bits per heavy atom. The molecule has 1 aliphatic rings. The van der Waals surface area contributed by atoms with Gasteiger partial charge in [-0.25, -0.2) is 8.78 Å². The van der Waals surface area contributed by atoms with Crippen LogP contribution in [0.5, 0.6) is 0 Å². The van der Waals surface area contributed by atoms with Gasteiger partial charge in [-0.1, -0.05) is 6.07 Å². The molecule has 0 unspecified atom stereocenters. The van der Waals surface area contributed by atoms with Crippen molar-refractivity contribution in [1.29, 1.82) is 0 Å². The van der Waals surface area contributed by atoms with Crippen molar-refractivity contribution in [2.24, 2.45) is 5.73 Å². The van der Waals surface area contributed by atoms with Crippen molar-refractivity contribution >= 4 is 0 Å². The van der Waals surface area contributed by atoms with Gasteiger partial charge in [-0.05, 0) is 11.6 Å².